The van der Waals surface area contributed by atoms with E-state index in [4.69, 9.17) is 23.4 Å². The maximum absolute atomic E-state index is 6.67. The van der Waals surface area contributed by atoms with Gasteiger partial charge in [-0.25, -0.2) is 4.85 Å². The van der Waals surface area contributed by atoms with Gasteiger partial charge in [-0.1, -0.05) is 0 Å². The second-order valence-electron chi connectivity index (χ2n) is 1.08. The molecule has 0 aromatic carbocycles. The SMILES string of the molecule is [C-]#[N+]C(=CN)C(=N)N. The first-order valence-corrected chi connectivity index (χ1v) is 1.86. The quantitative estimate of drug-likeness (QED) is 0.245. The average Bonchev–Trinajstić information content (AvgIpc) is 1.69. The molecule has 0 saturated carbocycles. The van der Waals surface area contributed by atoms with E-state index in [1.54, 1.807) is 0 Å². The first-order valence-electron chi connectivity index (χ1n) is 1.86. The van der Waals surface area contributed by atoms with E-state index in [2.05, 4.69) is 4.85 Å². The maximum Gasteiger partial charge on any atom is 0.241 e. The third-order valence-electron chi connectivity index (χ3n) is 0.554. The van der Waals surface area contributed by atoms with Crippen LogP contribution in [-0.4, -0.2) is 5.84 Å². The van der Waals surface area contributed by atoms with Crippen molar-refractivity contribution in [1.29, 1.82) is 5.41 Å². The van der Waals surface area contributed by atoms with E-state index in [1.807, 2.05) is 0 Å². The Hall–Kier alpha value is -1.50. The van der Waals surface area contributed by atoms with Crippen LogP contribution in [0.25, 0.3) is 4.85 Å². The number of amidine groups is 1. The summed E-state index contributed by atoms with van der Waals surface area (Å²) >= 11 is 0. The van der Waals surface area contributed by atoms with E-state index in [1.165, 1.54) is 0 Å². The molecule has 0 fully saturated rings. The number of nitrogens with zero attached hydrogens (tertiary/aromatic N) is 1. The first-order chi connectivity index (χ1) is 3.72. The molecule has 5 N–H and O–H groups in total. The van der Waals surface area contributed by atoms with E-state index in [9.17, 15) is 0 Å². The van der Waals surface area contributed by atoms with Crippen LogP contribution in [0.3, 0.4) is 0 Å². The fraction of sp³-hybridized carbons (Fsp3) is 0. The molecule has 0 heterocycles. The van der Waals surface area contributed by atoms with Crippen LogP contribution in [0.15, 0.2) is 11.9 Å². The van der Waals surface area contributed by atoms with Crippen LogP contribution >= 0.6 is 0 Å². The van der Waals surface area contributed by atoms with Gasteiger partial charge in [0.2, 0.25) is 5.70 Å². The van der Waals surface area contributed by atoms with Crippen molar-refractivity contribution in [2.24, 2.45) is 11.5 Å². The predicted octanol–water partition coefficient (Wildman–Crippen LogP) is -0.358. The molecule has 4 nitrogen and oxygen atoms in total. The van der Waals surface area contributed by atoms with Crippen molar-refractivity contribution >= 4 is 5.84 Å². The second kappa shape index (κ2) is 2.64. The molecule has 42 valence electrons. The summed E-state index contributed by atoms with van der Waals surface area (Å²) in [5.74, 6) is -0.289. The molecule has 0 amide bonds. The van der Waals surface area contributed by atoms with Crippen LogP contribution in [0.1, 0.15) is 0 Å². The van der Waals surface area contributed by atoms with Crippen LogP contribution < -0.4 is 11.5 Å². The minimum absolute atomic E-state index is 0.00926. The van der Waals surface area contributed by atoms with Gasteiger partial charge < -0.3 is 11.5 Å². The molecule has 0 saturated heterocycles. The van der Waals surface area contributed by atoms with Crippen LogP contribution in [0.2, 0.25) is 0 Å². The fourth-order valence-electron chi connectivity index (χ4n) is 0.187. The molecule has 0 radical (unpaired) electrons. The van der Waals surface area contributed by atoms with Crippen molar-refractivity contribution in [3.8, 4) is 0 Å². The fourth-order valence-corrected chi connectivity index (χ4v) is 0.187. The highest BCUT2D eigenvalue weighted by atomic mass is 14.8. The Morgan fingerprint density at radius 1 is 1.75 bits per heavy atom. The largest absolute Gasteiger partial charge is 0.413 e. The normalized spacial score (nSPS) is 10.1. The van der Waals surface area contributed by atoms with Crippen LogP contribution in [0, 0.1) is 12.0 Å². The molecule has 0 aromatic rings. The summed E-state index contributed by atoms with van der Waals surface area (Å²) in [6.45, 7) is 6.35. The molecule has 0 aliphatic heterocycles. The van der Waals surface area contributed by atoms with Crippen molar-refractivity contribution in [1.82, 2.24) is 0 Å². The van der Waals surface area contributed by atoms with Crippen molar-refractivity contribution in [2.45, 2.75) is 0 Å². The molecular weight excluding hydrogens is 104 g/mol. The van der Waals surface area contributed by atoms with E-state index in [0.717, 1.165) is 6.20 Å². The minimum Gasteiger partial charge on any atom is -0.413 e. The molecule has 0 bridgehead atoms. The smallest absolute Gasteiger partial charge is 0.241 e. The van der Waals surface area contributed by atoms with Crippen molar-refractivity contribution < 1.29 is 0 Å². The number of hydrogen-bond acceptors (Lipinski definition) is 2. The van der Waals surface area contributed by atoms with Crippen LogP contribution in [0.5, 0.6) is 0 Å². The zero-order valence-corrected chi connectivity index (χ0v) is 4.18. The summed E-state index contributed by atoms with van der Waals surface area (Å²) in [5.41, 5.74) is 9.76. The van der Waals surface area contributed by atoms with Gasteiger partial charge in [-0.05, 0) is 0 Å². The number of nitrogens with two attached hydrogens (primary N) is 2. The summed E-state index contributed by atoms with van der Waals surface area (Å²) in [5, 5.41) is 6.67. The van der Waals surface area contributed by atoms with E-state index >= 15 is 0 Å². The Labute approximate surface area is 47.1 Å². The number of nitrogens with one attached hydrogen (secondary N) is 1. The van der Waals surface area contributed by atoms with Gasteiger partial charge >= 0.3 is 0 Å². The minimum atomic E-state index is -0.289. The molecule has 0 aromatic heterocycles. The molecule has 4 heteroatoms. The lowest BCUT2D eigenvalue weighted by Gasteiger charge is -1.87. The monoisotopic (exact) mass is 110 g/mol. The van der Waals surface area contributed by atoms with E-state index in [-0.39, 0.29) is 11.5 Å². The van der Waals surface area contributed by atoms with Gasteiger partial charge in [0.25, 0.3) is 0 Å². The van der Waals surface area contributed by atoms with E-state index in [0.29, 0.717) is 0 Å². The summed E-state index contributed by atoms with van der Waals surface area (Å²) < 4.78 is 0. The molecule has 0 aliphatic rings. The molecule has 0 rings (SSSR count). The van der Waals surface area contributed by atoms with Crippen molar-refractivity contribution in [3.05, 3.63) is 23.3 Å². The molecule has 0 atom stereocenters. The first kappa shape index (κ1) is 6.50. The van der Waals surface area contributed by atoms with Gasteiger partial charge in [0.15, 0.2) is 0 Å². The highest BCUT2D eigenvalue weighted by Gasteiger charge is 1.94. The van der Waals surface area contributed by atoms with Crippen molar-refractivity contribution in [3.63, 3.8) is 0 Å². The van der Waals surface area contributed by atoms with Crippen LogP contribution in [0.4, 0.5) is 0 Å². The Morgan fingerprint density at radius 3 is 2.25 bits per heavy atom. The van der Waals surface area contributed by atoms with E-state index < -0.39 is 0 Å². The summed E-state index contributed by atoms with van der Waals surface area (Å²) in [4.78, 5) is 2.84. The third-order valence-corrected chi connectivity index (χ3v) is 0.554. The topological polar surface area (TPSA) is 80.2 Å². The lowest BCUT2D eigenvalue weighted by Crippen LogP contribution is -2.11. The maximum atomic E-state index is 6.67. The Morgan fingerprint density at radius 2 is 2.25 bits per heavy atom. The van der Waals surface area contributed by atoms with Gasteiger partial charge in [-0.2, -0.15) is 0 Å². The zero-order chi connectivity index (χ0) is 6.57. The Kier molecular flexibility index (Phi) is 2.14. The van der Waals surface area contributed by atoms with Crippen molar-refractivity contribution in [2.75, 3.05) is 0 Å². The van der Waals surface area contributed by atoms with Gasteiger partial charge in [-0.3, -0.25) is 5.41 Å². The third kappa shape index (κ3) is 1.30. The van der Waals surface area contributed by atoms with Gasteiger partial charge in [-0.15, -0.1) is 0 Å². The van der Waals surface area contributed by atoms with Gasteiger partial charge in [0, 0.05) is 6.20 Å². The highest BCUT2D eigenvalue weighted by Crippen LogP contribution is 1.88. The lowest BCUT2D eigenvalue weighted by molar-refractivity contribution is 1.41. The van der Waals surface area contributed by atoms with Gasteiger partial charge in [0.1, 0.15) is 5.84 Å². The molecule has 0 spiro atoms. The molecular formula is C4H6N4. The highest BCUT2D eigenvalue weighted by molar-refractivity contribution is 5.95. The Bertz CT molecular complexity index is 161. The molecule has 8 heavy (non-hydrogen) atoms. The molecule has 0 unspecified atom stereocenters. The predicted molar refractivity (Wildman–Crippen MR) is 30.8 cm³/mol. The lowest BCUT2D eigenvalue weighted by atomic mass is 10.4. The Balaban J connectivity index is 4.20. The number of rotatable bonds is 1. The summed E-state index contributed by atoms with van der Waals surface area (Å²) in [7, 11) is 0. The molecule has 0 aliphatic carbocycles. The second-order valence-corrected chi connectivity index (χ2v) is 1.08. The standard InChI is InChI=1S/C4H6N4/c1-8-3(2-5)4(6)7/h2H,5H2,(H3,6,7). The van der Waals surface area contributed by atoms with Gasteiger partial charge in [0.05, 0.1) is 6.57 Å². The zero-order valence-electron chi connectivity index (χ0n) is 4.18. The van der Waals surface area contributed by atoms with Crippen LogP contribution in [-0.2, 0) is 0 Å². The number of hydrogen-bond donors (Lipinski definition) is 3. The summed E-state index contributed by atoms with van der Waals surface area (Å²) in [6.07, 6.45) is 1.01. The summed E-state index contributed by atoms with van der Waals surface area (Å²) in [6, 6.07) is 0. The average molecular weight is 110 g/mol.